The Hall–Kier alpha value is -1.02. The van der Waals surface area contributed by atoms with Gasteiger partial charge < -0.3 is 30.0 Å². The smallest absolute Gasteiger partial charge is 0.335 e. The second-order valence-corrected chi connectivity index (χ2v) is 2.60. The van der Waals surface area contributed by atoms with Crippen molar-refractivity contribution in [3.63, 3.8) is 0 Å². The first-order chi connectivity index (χ1) is 6.45. The molecule has 0 aromatic rings. The van der Waals surface area contributed by atoms with E-state index in [1.807, 2.05) is 0 Å². The van der Waals surface area contributed by atoms with E-state index in [1.54, 1.807) is 0 Å². The number of rotatable bonds is 6. The highest BCUT2D eigenvalue weighted by atomic mass is 16.5. The lowest BCUT2D eigenvalue weighted by molar-refractivity contribution is -0.167. The minimum atomic E-state index is -2.01. The van der Waals surface area contributed by atoms with E-state index in [4.69, 9.17) is 20.4 Å². The summed E-state index contributed by atoms with van der Waals surface area (Å²) in [6, 6.07) is 0. The lowest BCUT2D eigenvalue weighted by atomic mass is 10.0. The van der Waals surface area contributed by atoms with Crippen LogP contribution in [0.15, 0.2) is 0 Å². The Labute approximate surface area is 79.5 Å². The summed E-state index contributed by atoms with van der Waals surface area (Å²) in [6.07, 6.45) is -7.14. The van der Waals surface area contributed by atoms with Gasteiger partial charge in [-0.3, -0.25) is 0 Å². The fourth-order valence-electron chi connectivity index (χ4n) is 0.870. The summed E-state index contributed by atoms with van der Waals surface area (Å²) in [5.41, 5.74) is 0. The van der Waals surface area contributed by atoms with Crippen molar-refractivity contribution >= 4 is 12.3 Å². The molecule has 0 heterocycles. The predicted octanol–water partition coefficient (Wildman–Crippen LogP) is -2.63. The molecule has 7 nitrogen and oxygen atoms in total. The molecule has 4 N–H and O–H groups in total. The molecule has 0 aliphatic heterocycles. The first-order valence-corrected chi connectivity index (χ1v) is 3.70. The number of aliphatic hydroxyl groups is 3. The highest BCUT2D eigenvalue weighted by Gasteiger charge is 2.35. The maximum Gasteiger partial charge on any atom is 0.335 e. The Morgan fingerprint density at radius 2 is 1.86 bits per heavy atom. The normalized spacial score (nSPS) is 19.4. The summed E-state index contributed by atoms with van der Waals surface area (Å²) in [4.78, 5) is 20.4. The first-order valence-electron chi connectivity index (χ1n) is 3.70. The first kappa shape index (κ1) is 13.0. The van der Waals surface area contributed by atoms with Crippen LogP contribution in [0, 0.1) is 0 Å². The van der Waals surface area contributed by atoms with Gasteiger partial charge in [-0.1, -0.05) is 0 Å². The lowest BCUT2D eigenvalue weighted by Crippen LogP contribution is -2.49. The highest BCUT2D eigenvalue weighted by Crippen LogP contribution is 2.08. The fourth-order valence-corrected chi connectivity index (χ4v) is 0.870. The van der Waals surface area contributed by atoms with E-state index in [9.17, 15) is 9.59 Å². The van der Waals surface area contributed by atoms with Gasteiger partial charge in [-0.25, -0.2) is 4.79 Å². The van der Waals surface area contributed by atoms with Crippen LogP contribution in [0.25, 0.3) is 0 Å². The number of hydrogen-bond donors (Lipinski definition) is 4. The van der Waals surface area contributed by atoms with E-state index in [2.05, 4.69) is 4.74 Å². The number of aliphatic carboxylic acids is 1. The molecule has 14 heavy (non-hydrogen) atoms. The Morgan fingerprint density at radius 3 is 2.14 bits per heavy atom. The molecule has 0 spiro atoms. The van der Waals surface area contributed by atoms with Gasteiger partial charge in [0.05, 0.1) is 0 Å². The van der Waals surface area contributed by atoms with Crippen molar-refractivity contribution in [2.45, 2.75) is 24.4 Å². The van der Waals surface area contributed by atoms with Crippen molar-refractivity contribution in [1.29, 1.82) is 0 Å². The van der Waals surface area contributed by atoms with Gasteiger partial charge in [0.15, 0.2) is 12.4 Å². The molecule has 7 heteroatoms. The minimum absolute atomic E-state index is 0.0191. The van der Waals surface area contributed by atoms with Crippen molar-refractivity contribution in [3.8, 4) is 0 Å². The number of hydrogen-bond acceptors (Lipinski definition) is 6. The fraction of sp³-hybridized carbons (Fsp3) is 0.714. The van der Waals surface area contributed by atoms with E-state index < -0.39 is 30.4 Å². The van der Waals surface area contributed by atoms with Crippen molar-refractivity contribution < 1.29 is 34.8 Å². The van der Waals surface area contributed by atoms with E-state index in [1.165, 1.54) is 0 Å². The van der Waals surface area contributed by atoms with E-state index >= 15 is 0 Å². The van der Waals surface area contributed by atoms with Crippen LogP contribution >= 0.6 is 0 Å². The molecule has 0 aliphatic rings. The van der Waals surface area contributed by atoms with Crippen LogP contribution in [0.5, 0.6) is 0 Å². The number of ether oxygens (including phenoxy) is 1. The lowest BCUT2D eigenvalue weighted by Gasteiger charge is -2.24. The van der Waals surface area contributed by atoms with Crippen LogP contribution in [-0.4, -0.2) is 64.2 Å². The molecule has 0 amide bonds. The molecular weight excluding hydrogens is 196 g/mol. The predicted molar refractivity (Wildman–Crippen MR) is 42.5 cm³/mol. The monoisotopic (exact) mass is 208 g/mol. The molecule has 4 atom stereocenters. The topological polar surface area (TPSA) is 124 Å². The van der Waals surface area contributed by atoms with Gasteiger partial charge >= 0.3 is 5.97 Å². The summed E-state index contributed by atoms with van der Waals surface area (Å²) in [5, 5.41) is 35.4. The number of carbonyl (C=O) groups is 2. The SMILES string of the molecule is COC(C(O)C(=O)O)C(O)C(O)C=O. The molecule has 0 fully saturated rings. The molecule has 82 valence electrons. The molecule has 0 saturated carbocycles. The number of aldehydes is 1. The van der Waals surface area contributed by atoms with Gasteiger partial charge in [0, 0.05) is 7.11 Å². The summed E-state index contributed by atoms with van der Waals surface area (Å²) in [5.74, 6) is -1.62. The van der Waals surface area contributed by atoms with Crippen LogP contribution in [0.1, 0.15) is 0 Å². The van der Waals surface area contributed by atoms with Crippen LogP contribution in [-0.2, 0) is 14.3 Å². The molecule has 0 aromatic carbocycles. The van der Waals surface area contributed by atoms with Crippen molar-refractivity contribution in [1.82, 2.24) is 0 Å². The maximum absolute atomic E-state index is 10.3. The molecule has 4 unspecified atom stereocenters. The second kappa shape index (κ2) is 5.66. The Morgan fingerprint density at radius 1 is 1.36 bits per heavy atom. The third-order valence-electron chi connectivity index (χ3n) is 1.66. The van der Waals surface area contributed by atoms with Gasteiger partial charge in [0.2, 0.25) is 0 Å². The Balaban J connectivity index is 4.54. The van der Waals surface area contributed by atoms with E-state index in [0.717, 1.165) is 7.11 Å². The average Bonchev–Trinajstić information content (AvgIpc) is 2.17. The maximum atomic E-state index is 10.3. The molecule has 0 rings (SSSR count). The molecule has 0 bridgehead atoms. The van der Waals surface area contributed by atoms with Crippen molar-refractivity contribution in [2.24, 2.45) is 0 Å². The largest absolute Gasteiger partial charge is 0.479 e. The van der Waals surface area contributed by atoms with Crippen LogP contribution in [0.2, 0.25) is 0 Å². The minimum Gasteiger partial charge on any atom is -0.479 e. The summed E-state index contributed by atoms with van der Waals surface area (Å²) in [7, 11) is 1.04. The van der Waals surface area contributed by atoms with Crippen LogP contribution in [0.3, 0.4) is 0 Å². The number of carboxylic acid groups (broad SMARTS) is 1. The number of aliphatic hydroxyl groups excluding tert-OH is 3. The molecule has 0 aromatic heterocycles. The average molecular weight is 208 g/mol. The van der Waals surface area contributed by atoms with Crippen LogP contribution < -0.4 is 0 Å². The Kier molecular flexibility index (Phi) is 5.24. The number of methoxy groups -OCH3 is 1. The van der Waals surface area contributed by atoms with Gasteiger partial charge in [-0.15, -0.1) is 0 Å². The van der Waals surface area contributed by atoms with Crippen molar-refractivity contribution in [3.05, 3.63) is 0 Å². The molecule has 0 aliphatic carbocycles. The quantitative estimate of drug-likeness (QED) is 0.352. The highest BCUT2D eigenvalue weighted by molar-refractivity contribution is 5.73. The summed E-state index contributed by atoms with van der Waals surface area (Å²) < 4.78 is 4.46. The molecule has 0 radical (unpaired) electrons. The number of carboxylic acids is 1. The van der Waals surface area contributed by atoms with E-state index in [0.29, 0.717) is 0 Å². The van der Waals surface area contributed by atoms with Crippen LogP contribution in [0.4, 0.5) is 0 Å². The van der Waals surface area contributed by atoms with Gasteiger partial charge in [-0.05, 0) is 0 Å². The zero-order chi connectivity index (χ0) is 11.3. The third kappa shape index (κ3) is 3.04. The molecule has 0 saturated heterocycles. The number of carbonyl (C=O) groups excluding carboxylic acids is 1. The van der Waals surface area contributed by atoms with E-state index in [-0.39, 0.29) is 6.29 Å². The zero-order valence-corrected chi connectivity index (χ0v) is 7.40. The second-order valence-electron chi connectivity index (χ2n) is 2.60. The van der Waals surface area contributed by atoms with Gasteiger partial charge in [0.25, 0.3) is 0 Å². The van der Waals surface area contributed by atoms with Gasteiger partial charge in [0.1, 0.15) is 18.3 Å². The molecular formula is C7H12O7. The standard InChI is InChI=1S/C7H12O7/c1-14-6(5(11)7(12)13)4(10)3(9)2-8/h2-6,9-11H,1H3,(H,12,13). The Bertz CT molecular complexity index is 204. The zero-order valence-electron chi connectivity index (χ0n) is 7.40. The summed E-state index contributed by atoms with van der Waals surface area (Å²) >= 11 is 0. The summed E-state index contributed by atoms with van der Waals surface area (Å²) in [6.45, 7) is 0. The van der Waals surface area contributed by atoms with Crippen molar-refractivity contribution in [2.75, 3.05) is 7.11 Å². The van der Waals surface area contributed by atoms with Gasteiger partial charge in [-0.2, -0.15) is 0 Å². The third-order valence-corrected chi connectivity index (χ3v) is 1.66.